The zero-order chi connectivity index (χ0) is 19.5. The molecule has 1 amide bonds. The summed E-state index contributed by atoms with van der Waals surface area (Å²) in [6, 6.07) is 15.8. The van der Waals surface area contributed by atoms with Crippen molar-refractivity contribution in [2.45, 2.75) is 25.2 Å². The quantitative estimate of drug-likeness (QED) is 0.670. The molecule has 0 radical (unpaired) electrons. The molecule has 144 valence electrons. The number of halogens is 1. The second-order valence-corrected chi connectivity index (χ2v) is 7.76. The molecule has 1 saturated heterocycles. The van der Waals surface area contributed by atoms with Crippen LogP contribution in [0, 0.1) is 0 Å². The lowest BCUT2D eigenvalue weighted by Crippen LogP contribution is -2.39. The van der Waals surface area contributed by atoms with Crippen molar-refractivity contribution in [3.05, 3.63) is 82.4 Å². The van der Waals surface area contributed by atoms with Crippen molar-refractivity contribution in [3.63, 3.8) is 0 Å². The molecule has 4 rings (SSSR count). The van der Waals surface area contributed by atoms with Gasteiger partial charge in [0.1, 0.15) is 5.69 Å². The molecule has 1 fully saturated rings. The van der Waals surface area contributed by atoms with E-state index in [0.29, 0.717) is 12.2 Å². The van der Waals surface area contributed by atoms with Crippen LogP contribution in [-0.4, -0.2) is 38.7 Å². The first-order chi connectivity index (χ1) is 13.6. The van der Waals surface area contributed by atoms with E-state index in [1.165, 1.54) is 5.56 Å². The molecular formula is C22H23ClN4O. The topological polar surface area (TPSA) is 51.0 Å². The smallest absolute Gasteiger partial charge is 0.274 e. The van der Waals surface area contributed by atoms with Crippen LogP contribution < -0.4 is 0 Å². The summed E-state index contributed by atoms with van der Waals surface area (Å²) in [4.78, 5) is 19.5. The van der Waals surface area contributed by atoms with Crippen LogP contribution in [0.5, 0.6) is 0 Å². The number of aryl methyl sites for hydroxylation is 1. The SMILES string of the molecule is Cn1ccc(C(=O)N2CCCC(c3cccc(Cc4ccc(Cl)cc4)n3)C2)n1. The highest BCUT2D eigenvalue weighted by Crippen LogP contribution is 2.27. The molecule has 1 aliphatic rings. The number of nitrogens with zero attached hydrogens (tertiary/aromatic N) is 4. The van der Waals surface area contributed by atoms with E-state index >= 15 is 0 Å². The van der Waals surface area contributed by atoms with Gasteiger partial charge in [0.25, 0.3) is 5.91 Å². The molecule has 1 unspecified atom stereocenters. The molecule has 0 saturated carbocycles. The molecule has 1 aliphatic heterocycles. The third-order valence-electron chi connectivity index (χ3n) is 5.19. The van der Waals surface area contributed by atoms with Crippen LogP contribution in [-0.2, 0) is 13.5 Å². The lowest BCUT2D eigenvalue weighted by atomic mass is 9.93. The minimum Gasteiger partial charge on any atom is -0.337 e. The fourth-order valence-corrected chi connectivity index (χ4v) is 3.86. The molecule has 0 bridgehead atoms. The largest absolute Gasteiger partial charge is 0.337 e. The lowest BCUT2D eigenvalue weighted by molar-refractivity contribution is 0.0699. The number of piperidine rings is 1. The average molecular weight is 395 g/mol. The molecule has 3 heterocycles. The number of carbonyl (C=O) groups is 1. The standard InChI is InChI=1S/C22H23ClN4O/c1-26-13-11-21(25-26)22(28)27-12-3-4-17(15-27)20-6-2-5-19(24-20)14-16-7-9-18(23)10-8-16/h2,5-11,13,17H,3-4,12,14-15H2,1H3. The van der Waals surface area contributed by atoms with Crippen molar-refractivity contribution in [2.24, 2.45) is 7.05 Å². The second-order valence-electron chi connectivity index (χ2n) is 7.32. The van der Waals surface area contributed by atoms with Crippen LogP contribution in [0.25, 0.3) is 0 Å². The Kier molecular flexibility index (Phi) is 5.44. The predicted molar refractivity (Wildman–Crippen MR) is 110 cm³/mol. The molecular weight excluding hydrogens is 372 g/mol. The van der Waals surface area contributed by atoms with Crippen LogP contribution in [0.3, 0.4) is 0 Å². The maximum absolute atomic E-state index is 12.7. The van der Waals surface area contributed by atoms with Crippen molar-refractivity contribution in [1.29, 1.82) is 0 Å². The lowest BCUT2D eigenvalue weighted by Gasteiger charge is -2.32. The van der Waals surface area contributed by atoms with Crippen molar-refractivity contribution in [1.82, 2.24) is 19.7 Å². The first-order valence-corrected chi connectivity index (χ1v) is 9.95. The van der Waals surface area contributed by atoms with Crippen molar-refractivity contribution in [2.75, 3.05) is 13.1 Å². The van der Waals surface area contributed by atoms with Gasteiger partial charge in [-0.2, -0.15) is 5.10 Å². The summed E-state index contributed by atoms with van der Waals surface area (Å²) in [6.45, 7) is 1.46. The van der Waals surface area contributed by atoms with Crippen LogP contribution in [0.1, 0.15) is 46.2 Å². The van der Waals surface area contributed by atoms with Gasteiger partial charge in [0, 0.05) is 55.1 Å². The first-order valence-electron chi connectivity index (χ1n) is 9.58. The Morgan fingerprint density at radius 1 is 1.18 bits per heavy atom. The van der Waals surface area contributed by atoms with Crippen LogP contribution in [0.4, 0.5) is 0 Å². The van der Waals surface area contributed by atoms with Gasteiger partial charge < -0.3 is 4.90 Å². The van der Waals surface area contributed by atoms with E-state index in [0.717, 1.165) is 42.2 Å². The number of aromatic nitrogens is 3. The first kappa shape index (κ1) is 18.7. The third kappa shape index (κ3) is 4.25. The van der Waals surface area contributed by atoms with E-state index in [2.05, 4.69) is 23.3 Å². The molecule has 28 heavy (non-hydrogen) atoms. The summed E-state index contributed by atoms with van der Waals surface area (Å²) in [5.41, 5.74) is 3.79. The molecule has 6 heteroatoms. The Morgan fingerprint density at radius 2 is 2.00 bits per heavy atom. The number of rotatable bonds is 4. The Balaban J connectivity index is 1.47. The van der Waals surface area contributed by atoms with Gasteiger partial charge in [0.2, 0.25) is 0 Å². The van der Waals surface area contributed by atoms with Gasteiger partial charge in [-0.15, -0.1) is 0 Å². The number of hydrogen-bond donors (Lipinski definition) is 0. The Bertz CT molecular complexity index is 967. The number of carbonyl (C=O) groups excluding carboxylic acids is 1. The highest BCUT2D eigenvalue weighted by atomic mass is 35.5. The number of pyridine rings is 1. The highest BCUT2D eigenvalue weighted by molar-refractivity contribution is 6.30. The number of benzene rings is 1. The summed E-state index contributed by atoms with van der Waals surface area (Å²) < 4.78 is 1.66. The minimum atomic E-state index is 0.00242. The normalized spacial score (nSPS) is 16.9. The van der Waals surface area contributed by atoms with Crippen molar-refractivity contribution >= 4 is 17.5 Å². The van der Waals surface area contributed by atoms with Crippen LogP contribution in [0.2, 0.25) is 5.02 Å². The maximum atomic E-state index is 12.7. The molecule has 0 N–H and O–H groups in total. The number of amides is 1. The summed E-state index contributed by atoms with van der Waals surface area (Å²) in [6.07, 6.45) is 4.60. The van der Waals surface area contributed by atoms with Gasteiger partial charge in [-0.25, -0.2) is 0 Å². The number of hydrogen-bond acceptors (Lipinski definition) is 3. The summed E-state index contributed by atoms with van der Waals surface area (Å²) >= 11 is 5.97. The summed E-state index contributed by atoms with van der Waals surface area (Å²) in [5.74, 6) is 0.259. The van der Waals surface area contributed by atoms with E-state index in [4.69, 9.17) is 16.6 Å². The van der Waals surface area contributed by atoms with E-state index in [-0.39, 0.29) is 11.8 Å². The zero-order valence-electron chi connectivity index (χ0n) is 15.9. The molecule has 2 aromatic heterocycles. The zero-order valence-corrected chi connectivity index (χ0v) is 16.6. The van der Waals surface area contributed by atoms with E-state index in [1.54, 1.807) is 16.9 Å². The second kappa shape index (κ2) is 8.15. The number of likely N-dealkylation sites (tertiary alicyclic amines) is 1. The van der Waals surface area contributed by atoms with Gasteiger partial charge >= 0.3 is 0 Å². The van der Waals surface area contributed by atoms with Crippen molar-refractivity contribution in [3.8, 4) is 0 Å². The summed E-state index contributed by atoms with van der Waals surface area (Å²) in [7, 11) is 1.83. The van der Waals surface area contributed by atoms with Crippen LogP contribution >= 0.6 is 11.6 Å². The van der Waals surface area contributed by atoms with Gasteiger partial charge in [-0.3, -0.25) is 14.5 Å². The van der Waals surface area contributed by atoms with E-state index in [9.17, 15) is 4.79 Å². The maximum Gasteiger partial charge on any atom is 0.274 e. The van der Waals surface area contributed by atoms with Gasteiger partial charge in [-0.1, -0.05) is 29.8 Å². The average Bonchev–Trinajstić information content (AvgIpc) is 3.16. The molecule has 0 aliphatic carbocycles. The Morgan fingerprint density at radius 3 is 2.75 bits per heavy atom. The predicted octanol–water partition coefficient (Wildman–Crippen LogP) is 4.08. The fourth-order valence-electron chi connectivity index (χ4n) is 3.73. The molecule has 1 atom stereocenters. The highest BCUT2D eigenvalue weighted by Gasteiger charge is 2.27. The van der Waals surface area contributed by atoms with Gasteiger partial charge in [0.15, 0.2) is 0 Å². The fraction of sp³-hybridized carbons (Fsp3) is 0.318. The van der Waals surface area contributed by atoms with E-state index in [1.807, 2.05) is 36.2 Å². The summed E-state index contributed by atoms with van der Waals surface area (Å²) in [5, 5.41) is 4.99. The van der Waals surface area contributed by atoms with Gasteiger partial charge in [-0.05, 0) is 48.7 Å². The Labute approximate surface area is 170 Å². The molecule has 0 spiro atoms. The Hall–Kier alpha value is -2.66. The third-order valence-corrected chi connectivity index (χ3v) is 5.44. The molecule has 1 aromatic carbocycles. The van der Waals surface area contributed by atoms with Crippen LogP contribution in [0.15, 0.2) is 54.7 Å². The molecule has 5 nitrogen and oxygen atoms in total. The van der Waals surface area contributed by atoms with Crippen molar-refractivity contribution < 1.29 is 4.79 Å². The monoisotopic (exact) mass is 394 g/mol. The molecule has 3 aromatic rings. The minimum absolute atomic E-state index is 0.00242. The van der Waals surface area contributed by atoms with Gasteiger partial charge in [0.05, 0.1) is 0 Å². The van der Waals surface area contributed by atoms with E-state index < -0.39 is 0 Å².